The summed E-state index contributed by atoms with van der Waals surface area (Å²) in [5, 5.41) is 6.42. The first-order valence-corrected chi connectivity index (χ1v) is 12.3. The minimum atomic E-state index is -0.340. The molecule has 1 saturated heterocycles. The Morgan fingerprint density at radius 2 is 1.47 bits per heavy atom. The van der Waals surface area contributed by atoms with Crippen molar-refractivity contribution >= 4 is 23.0 Å². The monoisotopic (exact) mass is 456 g/mol. The third kappa shape index (κ3) is 6.17. The molecule has 0 saturated carbocycles. The smallest absolute Gasteiger partial charge is 0.246 e. The van der Waals surface area contributed by atoms with E-state index >= 15 is 0 Å². The van der Waals surface area contributed by atoms with Crippen LogP contribution in [0.15, 0.2) is 78.9 Å². The van der Waals surface area contributed by atoms with Gasteiger partial charge in [-0.3, -0.25) is 9.69 Å². The number of hydrogen-bond acceptors (Lipinski definition) is 4. The Bertz CT molecular complexity index is 1060. The summed E-state index contributed by atoms with van der Waals surface area (Å²) in [6, 6.07) is 26.8. The molecule has 0 aliphatic carbocycles. The fraction of sp³-hybridized carbons (Fsp3) is 0.345. The lowest BCUT2D eigenvalue weighted by Crippen LogP contribution is -2.45. The van der Waals surface area contributed by atoms with E-state index in [0.717, 1.165) is 49.7 Å². The van der Waals surface area contributed by atoms with Crippen LogP contribution in [0.3, 0.4) is 0 Å². The molecule has 1 aliphatic rings. The van der Waals surface area contributed by atoms with Crippen molar-refractivity contribution in [3.05, 3.63) is 90.0 Å². The molecule has 2 N–H and O–H groups in total. The Balaban J connectivity index is 1.28. The summed E-state index contributed by atoms with van der Waals surface area (Å²) in [5.74, 6) is 0.319. The van der Waals surface area contributed by atoms with Crippen LogP contribution in [0.1, 0.15) is 37.8 Å². The van der Waals surface area contributed by atoms with E-state index in [9.17, 15) is 4.79 Å². The van der Waals surface area contributed by atoms with Crippen molar-refractivity contribution < 1.29 is 4.79 Å². The van der Waals surface area contributed by atoms with E-state index < -0.39 is 0 Å². The topological polar surface area (TPSA) is 47.6 Å². The molecular formula is C29H36N4O. The summed E-state index contributed by atoms with van der Waals surface area (Å²) >= 11 is 0. The summed E-state index contributed by atoms with van der Waals surface area (Å²) < 4.78 is 0. The summed E-state index contributed by atoms with van der Waals surface area (Å²) in [4.78, 5) is 17.7. The quantitative estimate of drug-likeness (QED) is 0.465. The molecule has 1 amide bonds. The molecule has 1 atom stereocenters. The molecule has 3 aromatic rings. The van der Waals surface area contributed by atoms with Crippen molar-refractivity contribution in [3.63, 3.8) is 0 Å². The van der Waals surface area contributed by atoms with Gasteiger partial charge in [-0.2, -0.15) is 0 Å². The highest BCUT2D eigenvalue weighted by Gasteiger charge is 2.18. The Morgan fingerprint density at radius 1 is 0.824 bits per heavy atom. The highest BCUT2D eigenvalue weighted by Crippen LogP contribution is 2.24. The van der Waals surface area contributed by atoms with Crippen molar-refractivity contribution in [1.82, 2.24) is 4.90 Å². The normalized spacial score (nSPS) is 15.2. The van der Waals surface area contributed by atoms with E-state index in [2.05, 4.69) is 94.9 Å². The summed E-state index contributed by atoms with van der Waals surface area (Å²) in [6.07, 6.45) is 0. The molecule has 178 valence electrons. The summed E-state index contributed by atoms with van der Waals surface area (Å²) in [6.45, 7) is 11.3. The second-order valence-electron chi connectivity index (χ2n) is 9.39. The number of amides is 1. The standard InChI is InChI=1S/C29H36N4O/c1-22(2)27-11-7-8-12-28(27)31-29(34)23(3)30-25-13-15-26(16-14-25)33-19-17-32(18-20-33)21-24-9-5-4-6-10-24/h4-16,22-23,30H,17-21H2,1-3H3,(H,31,34). The number of nitrogens with zero attached hydrogens (tertiary/aromatic N) is 2. The minimum absolute atomic E-state index is 0.0354. The number of rotatable bonds is 8. The molecule has 1 heterocycles. The van der Waals surface area contributed by atoms with Gasteiger partial charge in [0.05, 0.1) is 0 Å². The van der Waals surface area contributed by atoms with Crippen LogP contribution < -0.4 is 15.5 Å². The Kier molecular flexibility index (Phi) is 7.86. The predicted octanol–water partition coefficient (Wildman–Crippen LogP) is 5.57. The maximum Gasteiger partial charge on any atom is 0.246 e. The molecule has 1 unspecified atom stereocenters. The molecule has 0 bridgehead atoms. The second-order valence-corrected chi connectivity index (χ2v) is 9.39. The summed E-state index contributed by atoms with van der Waals surface area (Å²) in [7, 11) is 0. The van der Waals surface area contributed by atoms with Crippen LogP contribution in [0.2, 0.25) is 0 Å². The Hall–Kier alpha value is -3.31. The van der Waals surface area contributed by atoms with Crippen molar-refractivity contribution in [3.8, 4) is 0 Å². The van der Waals surface area contributed by atoms with E-state index in [1.807, 2.05) is 25.1 Å². The maximum absolute atomic E-state index is 12.8. The number of para-hydroxylation sites is 1. The van der Waals surface area contributed by atoms with Gasteiger partial charge >= 0.3 is 0 Å². The zero-order valence-electron chi connectivity index (χ0n) is 20.5. The molecule has 0 aromatic heterocycles. The average Bonchev–Trinajstić information content (AvgIpc) is 2.86. The van der Waals surface area contributed by atoms with Crippen molar-refractivity contribution in [2.75, 3.05) is 41.7 Å². The number of piperazine rings is 1. The molecule has 1 aliphatic heterocycles. The van der Waals surface area contributed by atoms with Gasteiger partial charge in [-0.25, -0.2) is 0 Å². The maximum atomic E-state index is 12.8. The van der Waals surface area contributed by atoms with Gasteiger partial charge in [0, 0.05) is 49.8 Å². The number of hydrogen-bond donors (Lipinski definition) is 2. The third-order valence-electron chi connectivity index (χ3n) is 6.47. The zero-order valence-corrected chi connectivity index (χ0v) is 20.5. The largest absolute Gasteiger partial charge is 0.374 e. The van der Waals surface area contributed by atoms with Crippen LogP contribution in [0.5, 0.6) is 0 Å². The van der Waals surface area contributed by atoms with Gasteiger partial charge in [-0.15, -0.1) is 0 Å². The Morgan fingerprint density at radius 3 is 2.15 bits per heavy atom. The van der Waals surface area contributed by atoms with Crippen molar-refractivity contribution in [2.24, 2.45) is 0 Å². The molecule has 3 aromatic carbocycles. The molecule has 5 nitrogen and oxygen atoms in total. The highest BCUT2D eigenvalue weighted by molar-refractivity contribution is 5.97. The first kappa shape index (κ1) is 23.8. The number of carbonyl (C=O) groups excluding carboxylic acids is 1. The van der Waals surface area contributed by atoms with Crippen molar-refractivity contribution in [1.29, 1.82) is 0 Å². The van der Waals surface area contributed by atoms with Gasteiger partial charge in [0.1, 0.15) is 6.04 Å². The SMILES string of the molecule is CC(Nc1ccc(N2CCN(Cc3ccccc3)CC2)cc1)C(=O)Nc1ccccc1C(C)C. The van der Waals surface area contributed by atoms with Crippen LogP contribution in [0.4, 0.5) is 17.1 Å². The van der Waals surface area contributed by atoms with Crippen LogP contribution in [-0.4, -0.2) is 43.0 Å². The molecule has 0 radical (unpaired) electrons. The average molecular weight is 457 g/mol. The third-order valence-corrected chi connectivity index (χ3v) is 6.47. The molecular weight excluding hydrogens is 420 g/mol. The minimum Gasteiger partial charge on any atom is -0.374 e. The Labute approximate surface area is 203 Å². The van der Waals surface area contributed by atoms with Gasteiger partial charge in [0.15, 0.2) is 0 Å². The van der Waals surface area contributed by atoms with Gasteiger partial charge in [0.2, 0.25) is 5.91 Å². The number of benzene rings is 3. The first-order chi connectivity index (χ1) is 16.5. The van der Waals surface area contributed by atoms with E-state index in [0.29, 0.717) is 5.92 Å². The molecule has 5 heteroatoms. The first-order valence-electron chi connectivity index (χ1n) is 12.3. The predicted molar refractivity (Wildman–Crippen MR) is 143 cm³/mol. The van der Waals surface area contributed by atoms with E-state index in [4.69, 9.17) is 0 Å². The summed E-state index contributed by atoms with van der Waals surface area (Å²) in [5.41, 5.74) is 5.59. The fourth-order valence-electron chi connectivity index (χ4n) is 4.45. The highest BCUT2D eigenvalue weighted by atomic mass is 16.2. The van der Waals surface area contributed by atoms with Crippen LogP contribution in [-0.2, 0) is 11.3 Å². The van der Waals surface area contributed by atoms with Crippen molar-refractivity contribution in [2.45, 2.75) is 39.3 Å². The number of carbonyl (C=O) groups is 1. The van der Waals surface area contributed by atoms with Gasteiger partial charge < -0.3 is 15.5 Å². The van der Waals surface area contributed by atoms with Gasteiger partial charge in [-0.05, 0) is 54.3 Å². The van der Waals surface area contributed by atoms with Crippen LogP contribution in [0, 0.1) is 0 Å². The van der Waals surface area contributed by atoms with Gasteiger partial charge in [-0.1, -0.05) is 62.4 Å². The number of nitrogens with one attached hydrogen (secondary N) is 2. The lowest BCUT2D eigenvalue weighted by atomic mass is 10.0. The molecule has 4 rings (SSSR count). The van der Waals surface area contributed by atoms with Crippen LogP contribution >= 0.6 is 0 Å². The molecule has 0 spiro atoms. The van der Waals surface area contributed by atoms with E-state index in [-0.39, 0.29) is 11.9 Å². The fourth-order valence-corrected chi connectivity index (χ4v) is 4.45. The van der Waals surface area contributed by atoms with E-state index in [1.54, 1.807) is 0 Å². The molecule has 1 fully saturated rings. The number of anilines is 3. The molecule has 34 heavy (non-hydrogen) atoms. The van der Waals surface area contributed by atoms with Crippen LogP contribution in [0.25, 0.3) is 0 Å². The van der Waals surface area contributed by atoms with E-state index in [1.165, 1.54) is 11.3 Å². The van der Waals surface area contributed by atoms with Gasteiger partial charge in [0.25, 0.3) is 0 Å². The second kappa shape index (κ2) is 11.2. The zero-order chi connectivity index (χ0) is 23.9. The lowest BCUT2D eigenvalue weighted by molar-refractivity contribution is -0.116. The lowest BCUT2D eigenvalue weighted by Gasteiger charge is -2.36.